The Morgan fingerprint density at radius 2 is 1.74 bits per heavy atom. The highest BCUT2D eigenvalue weighted by Gasteiger charge is 2.26. The SMILES string of the molecule is COc1cccc(C(CC(=O)O)NC(=O)[C@H](C)NC(=O)c2csc(NC(=O)NCc3ccccc3)n2)c1OC. The zero-order valence-electron chi connectivity index (χ0n) is 21.5. The third-order valence-corrected chi connectivity index (χ3v) is 6.26. The fourth-order valence-electron chi connectivity index (χ4n) is 3.59. The van der Waals surface area contributed by atoms with E-state index in [1.54, 1.807) is 18.2 Å². The van der Waals surface area contributed by atoms with Gasteiger partial charge in [-0.15, -0.1) is 11.3 Å². The van der Waals surface area contributed by atoms with Crippen LogP contribution in [-0.2, 0) is 16.1 Å². The molecular weight excluding hydrogens is 526 g/mol. The van der Waals surface area contributed by atoms with Gasteiger partial charge in [-0.2, -0.15) is 0 Å². The number of carboxylic acids is 1. The first kappa shape index (κ1) is 28.9. The van der Waals surface area contributed by atoms with E-state index in [4.69, 9.17) is 9.47 Å². The molecule has 0 bridgehead atoms. The number of aromatic nitrogens is 1. The number of nitrogens with zero attached hydrogens (tertiary/aromatic N) is 1. The summed E-state index contributed by atoms with van der Waals surface area (Å²) in [4.78, 5) is 53.3. The summed E-state index contributed by atoms with van der Waals surface area (Å²) in [5.41, 5.74) is 1.34. The van der Waals surface area contributed by atoms with Crippen molar-refractivity contribution >= 4 is 40.3 Å². The van der Waals surface area contributed by atoms with Crippen LogP contribution in [0.5, 0.6) is 11.5 Å². The summed E-state index contributed by atoms with van der Waals surface area (Å²) < 4.78 is 10.6. The van der Waals surface area contributed by atoms with E-state index in [-0.39, 0.29) is 10.8 Å². The highest BCUT2D eigenvalue weighted by atomic mass is 32.1. The molecule has 1 heterocycles. The number of hydrogen-bond donors (Lipinski definition) is 5. The summed E-state index contributed by atoms with van der Waals surface area (Å²) >= 11 is 1.05. The van der Waals surface area contributed by atoms with E-state index in [1.807, 2.05) is 30.3 Å². The second-order valence-corrected chi connectivity index (χ2v) is 9.13. The van der Waals surface area contributed by atoms with Crippen molar-refractivity contribution in [3.63, 3.8) is 0 Å². The largest absolute Gasteiger partial charge is 0.493 e. The number of thiazole rings is 1. The molecule has 0 saturated carbocycles. The summed E-state index contributed by atoms with van der Waals surface area (Å²) in [7, 11) is 2.86. The molecule has 3 aromatic rings. The Morgan fingerprint density at radius 1 is 1.00 bits per heavy atom. The van der Waals surface area contributed by atoms with Crippen molar-refractivity contribution in [1.82, 2.24) is 20.9 Å². The predicted octanol–water partition coefficient (Wildman–Crippen LogP) is 2.93. The monoisotopic (exact) mass is 555 g/mol. The Bertz CT molecular complexity index is 1320. The number of rotatable bonds is 12. The topological polar surface area (TPSA) is 168 Å². The summed E-state index contributed by atoms with van der Waals surface area (Å²) in [5, 5.41) is 21.5. The number of benzene rings is 2. The Hall–Kier alpha value is -4.65. The maximum absolute atomic E-state index is 12.9. The van der Waals surface area contributed by atoms with Gasteiger partial charge in [0, 0.05) is 17.5 Å². The van der Waals surface area contributed by atoms with Crippen LogP contribution in [0.4, 0.5) is 9.93 Å². The average Bonchev–Trinajstić information content (AvgIpc) is 3.39. The molecule has 1 aromatic heterocycles. The highest BCUT2D eigenvalue weighted by Crippen LogP contribution is 2.35. The van der Waals surface area contributed by atoms with Gasteiger partial charge in [0.25, 0.3) is 5.91 Å². The lowest BCUT2D eigenvalue weighted by Gasteiger charge is -2.23. The molecule has 13 heteroatoms. The number of amides is 4. The lowest BCUT2D eigenvalue weighted by atomic mass is 10.0. The molecule has 0 saturated heterocycles. The van der Waals surface area contributed by atoms with Gasteiger partial charge in [0.05, 0.1) is 26.7 Å². The predicted molar refractivity (Wildman–Crippen MR) is 144 cm³/mol. The Kier molecular flexibility index (Phi) is 10.2. The fourth-order valence-corrected chi connectivity index (χ4v) is 4.27. The molecule has 0 aliphatic rings. The third-order valence-electron chi connectivity index (χ3n) is 5.50. The molecule has 12 nitrogen and oxygen atoms in total. The molecule has 3 rings (SSSR count). The number of carboxylic acid groups (broad SMARTS) is 1. The summed E-state index contributed by atoms with van der Waals surface area (Å²) in [5.74, 6) is -1.73. The molecule has 2 atom stereocenters. The number of carbonyl (C=O) groups excluding carboxylic acids is 3. The van der Waals surface area contributed by atoms with Crippen molar-refractivity contribution in [2.24, 2.45) is 0 Å². The minimum Gasteiger partial charge on any atom is -0.493 e. The first-order valence-corrected chi connectivity index (χ1v) is 12.7. The van der Waals surface area contributed by atoms with Gasteiger partial charge in [-0.1, -0.05) is 42.5 Å². The normalized spacial score (nSPS) is 12.0. The highest BCUT2D eigenvalue weighted by molar-refractivity contribution is 7.14. The molecule has 2 aromatic carbocycles. The number of para-hydroxylation sites is 1. The number of carbonyl (C=O) groups is 4. The van der Waals surface area contributed by atoms with E-state index in [2.05, 4.69) is 26.3 Å². The van der Waals surface area contributed by atoms with E-state index in [1.165, 1.54) is 26.5 Å². The average molecular weight is 556 g/mol. The van der Waals surface area contributed by atoms with Gasteiger partial charge in [0.1, 0.15) is 11.7 Å². The van der Waals surface area contributed by atoms with Crippen LogP contribution < -0.4 is 30.7 Å². The van der Waals surface area contributed by atoms with Crippen molar-refractivity contribution in [3.8, 4) is 11.5 Å². The van der Waals surface area contributed by atoms with Gasteiger partial charge in [-0.25, -0.2) is 9.78 Å². The standard InChI is InChI=1S/C26H29N5O7S/c1-15(23(34)29-18(12-21(32)33)17-10-7-11-20(37-2)22(17)38-3)28-24(35)19-14-39-26(30-19)31-25(36)27-13-16-8-5-4-6-9-16/h4-11,14-15,18H,12-13H2,1-3H3,(H,28,35)(H,29,34)(H,32,33)(H2,27,30,31,36)/t15-,18?/m0/s1. The van der Waals surface area contributed by atoms with Crippen LogP contribution in [0.3, 0.4) is 0 Å². The second-order valence-electron chi connectivity index (χ2n) is 8.27. The van der Waals surface area contributed by atoms with Gasteiger partial charge in [0.2, 0.25) is 5.91 Å². The van der Waals surface area contributed by atoms with Crippen LogP contribution in [0.1, 0.15) is 41.0 Å². The van der Waals surface area contributed by atoms with Crippen LogP contribution in [0.2, 0.25) is 0 Å². The first-order valence-electron chi connectivity index (χ1n) is 11.8. The summed E-state index contributed by atoms with van der Waals surface area (Å²) in [6, 6.07) is 11.8. The second kappa shape index (κ2) is 13.8. The van der Waals surface area contributed by atoms with E-state index < -0.39 is 42.3 Å². The number of aliphatic carboxylic acids is 1. The smallest absolute Gasteiger partial charge is 0.321 e. The molecule has 4 amide bonds. The maximum Gasteiger partial charge on any atom is 0.321 e. The zero-order chi connectivity index (χ0) is 28.4. The van der Waals surface area contributed by atoms with E-state index in [0.29, 0.717) is 23.6 Å². The Labute approximate surface area is 228 Å². The Morgan fingerprint density at radius 3 is 2.41 bits per heavy atom. The molecular formula is C26H29N5O7S. The van der Waals surface area contributed by atoms with Crippen molar-refractivity contribution in [2.75, 3.05) is 19.5 Å². The number of hydrogen-bond acceptors (Lipinski definition) is 8. The molecule has 206 valence electrons. The van der Waals surface area contributed by atoms with Crippen molar-refractivity contribution in [3.05, 3.63) is 70.7 Å². The molecule has 0 radical (unpaired) electrons. The van der Waals surface area contributed by atoms with Crippen molar-refractivity contribution < 1.29 is 33.8 Å². The summed E-state index contributed by atoms with van der Waals surface area (Å²) in [6.45, 7) is 1.78. The van der Waals surface area contributed by atoms with Gasteiger partial charge in [-0.05, 0) is 18.6 Å². The van der Waals surface area contributed by atoms with E-state index in [0.717, 1.165) is 16.9 Å². The van der Waals surface area contributed by atoms with Gasteiger partial charge >= 0.3 is 12.0 Å². The van der Waals surface area contributed by atoms with Crippen molar-refractivity contribution in [2.45, 2.75) is 32.0 Å². The van der Waals surface area contributed by atoms with Crippen LogP contribution in [0, 0.1) is 0 Å². The molecule has 39 heavy (non-hydrogen) atoms. The van der Waals surface area contributed by atoms with Gasteiger partial charge in [-0.3, -0.25) is 19.7 Å². The molecule has 1 unspecified atom stereocenters. The number of nitrogens with one attached hydrogen (secondary N) is 4. The van der Waals surface area contributed by atoms with Crippen LogP contribution in [-0.4, -0.2) is 54.2 Å². The van der Waals surface area contributed by atoms with Gasteiger partial charge < -0.3 is 30.5 Å². The minimum atomic E-state index is -1.14. The van der Waals surface area contributed by atoms with Crippen LogP contribution in [0.25, 0.3) is 0 Å². The zero-order valence-corrected chi connectivity index (χ0v) is 22.3. The van der Waals surface area contributed by atoms with E-state index in [9.17, 15) is 24.3 Å². The molecule has 0 aliphatic carbocycles. The number of anilines is 1. The lowest BCUT2D eigenvalue weighted by molar-refractivity contribution is -0.137. The number of urea groups is 1. The molecule has 5 N–H and O–H groups in total. The first-order chi connectivity index (χ1) is 18.7. The third kappa shape index (κ3) is 8.17. The minimum absolute atomic E-state index is 0.00885. The molecule has 0 spiro atoms. The van der Waals surface area contributed by atoms with Crippen molar-refractivity contribution in [1.29, 1.82) is 0 Å². The van der Waals surface area contributed by atoms with E-state index >= 15 is 0 Å². The molecule has 0 fully saturated rings. The lowest BCUT2D eigenvalue weighted by Crippen LogP contribution is -2.46. The van der Waals surface area contributed by atoms with Gasteiger partial charge in [0.15, 0.2) is 16.6 Å². The quantitative estimate of drug-likeness (QED) is 0.227. The van der Waals surface area contributed by atoms with Crippen LogP contribution >= 0.6 is 11.3 Å². The fraction of sp³-hybridized carbons (Fsp3) is 0.269. The Balaban J connectivity index is 1.59. The van der Waals surface area contributed by atoms with Crippen LogP contribution in [0.15, 0.2) is 53.9 Å². The number of ether oxygens (including phenoxy) is 2. The molecule has 0 aliphatic heterocycles. The number of methoxy groups -OCH3 is 2. The maximum atomic E-state index is 12.9. The summed E-state index contributed by atoms with van der Waals surface area (Å²) in [6.07, 6.45) is -0.427.